The lowest BCUT2D eigenvalue weighted by Crippen LogP contribution is -2.46. The summed E-state index contributed by atoms with van der Waals surface area (Å²) < 4.78 is 7.45. The molecule has 0 bridgehead atoms. The summed E-state index contributed by atoms with van der Waals surface area (Å²) in [4.78, 5) is 5.38. The molecule has 0 atom stereocenters. The molecule has 16 heavy (non-hydrogen) atoms. The maximum atomic E-state index is 6.24. The van der Waals surface area contributed by atoms with Gasteiger partial charge in [0.15, 0.2) is 0 Å². The molecule has 1 aromatic rings. The number of pyridine rings is 1. The van der Waals surface area contributed by atoms with Crippen molar-refractivity contribution in [1.29, 1.82) is 0 Å². The van der Waals surface area contributed by atoms with Gasteiger partial charge in [-0.3, -0.25) is 4.84 Å². The van der Waals surface area contributed by atoms with Crippen LogP contribution in [0.4, 0.5) is 0 Å². The summed E-state index contributed by atoms with van der Waals surface area (Å²) in [6, 6.07) is 1.84. The van der Waals surface area contributed by atoms with Gasteiger partial charge in [0.25, 0.3) is 0 Å². The Bertz CT molecular complexity index is 404. The zero-order valence-corrected chi connectivity index (χ0v) is 10.7. The summed E-state index contributed by atoms with van der Waals surface area (Å²) in [5.41, 5.74) is 2.34. The lowest BCUT2D eigenvalue weighted by Gasteiger charge is -2.09. The lowest BCUT2D eigenvalue weighted by molar-refractivity contribution is -0.892. The molecule has 1 aromatic heterocycles. The minimum Gasteiger partial charge on any atom is -0.438 e. The van der Waals surface area contributed by atoms with Crippen molar-refractivity contribution in [2.45, 2.75) is 39.2 Å². The van der Waals surface area contributed by atoms with Crippen molar-refractivity contribution in [3.63, 3.8) is 0 Å². The van der Waals surface area contributed by atoms with Gasteiger partial charge >= 0.3 is 5.88 Å². The fourth-order valence-electron chi connectivity index (χ4n) is 2.12. The van der Waals surface area contributed by atoms with Gasteiger partial charge in [0.2, 0.25) is 5.69 Å². The van der Waals surface area contributed by atoms with Crippen LogP contribution in [0, 0.1) is 0 Å². The Morgan fingerprint density at radius 2 is 2.12 bits per heavy atom. The van der Waals surface area contributed by atoms with Crippen molar-refractivity contribution < 1.29 is 14.3 Å². The Balaban J connectivity index is 2.49. The number of halogens is 1. The Morgan fingerprint density at radius 1 is 1.38 bits per heavy atom. The Morgan fingerprint density at radius 3 is 2.75 bits per heavy atom. The van der Waals surface area contributed by atoms with Crippen LogP contribution < -0.4 is 14.3 Å². The third-order valence-corrected chi connectivity index (χ3v) is 3.05. The van der Waals surface area contributed by atoms with E-state index in [2.05, 4.69) is 0 Å². The molecule has 1 aliphatic carbocycles. The van der Waals surface area contributed by atoms with E-state index in [9.17, 15) is 0 Å². The van der Waals surface area contributed by atoms with Gasteiger partial charge in [-0.1, -0.05) is 11.6 Å². The summed E-state index contributed by atoms with van der Waals surface area (Å²) in [6.45, 7) is 3.97. The first-order valence-electron chi connectivity index (χ1n) is 5.61. The van der Waals surface area contributed by atoms with Crippen LogP contribution in [0.1, 0.15) is 31.5 Å². The van der Waals surface area contributed by atoms with E-state index < -0.39 is 0 Å². The van der Waals surface area contributed by atoms with Crippen molar-refractivity contribution in [3.8, 4) is 5.88 Å². The van der Waals surface area contributed by atoms with Crippen LogP contribution >= 0.6 is 11.6 Å². The van der Waals surface area contributed by atoms with Crippen molar-refractivity contribution >= 4 is 11.6 Å². The zero-order chi connectivity index (χ0) is 11.7. The summed E-state index contributed by atoms with van der Waals surface area (Å²) in [5, 5.41) is 0.788. The van der Waals surface area contributed by atoms with Crippen LogP contribution in [0.25, 0.3) is 0 Å². The maximum Gasteiger partial charge on any atom is 0.419 e. The molecule has 0 spiro atoms. The molecule has 0 amide bonds. The highest BCUT2D eigenvalue weighted by Gasteiger charge is 2.31. The smallest absolute Gasteiger partial charge is 0.419 e. The third-order valence-electron chi connectivity index (χ3n) is 2.71. The second kappa shape index (κ2) is 4.50. The van der Waals surface area contributed by atoms with Crippen LogP contribution in [0.2, 0.25) is 5.02 Å². The topological polar surface area (TPSA) is 22.3 Å². The van der Waals surface area contributed by atoms with Gasteiger partial charge in [0.05, 0.1) is 21.9 Å². The zero-order valence-electron chi connectivity index (χ0n) is 9.92. The van der Waals surface area contributed by atoms with E-state index in [-0.39, 0.29) is 6.10 Å². The highest BCUT2D eigenvalue weighted by molar-refractivity contribution is 6.31. The number of aromatic nitrogens is 1. The number of hydrogen-bond acceptors (Lipinski definition) is 2. The molecule has 1 heterocycles. The monoisotopic (exact) mass is 242 g/mol. The Kier molecular flexibility index (Phi) is 3.24. The molecular formula is C12H17ClNO2+. The van der Waals surface area contributed by atoms with E-state index in [0.717, 1.165) is 30.0 Å². The van der Waals surface area contributed by atoms with Crippen LogP contribution in [0.3, 0.4) is 0 Å². The highest BCUT2D eigenvalue weighted by Crippen LogP contribution is 2.29. The SMILES string of the molecule is CO[n+]1c(OC(C)C)cc(Cl)c2c1CCC2. The van der Waals surface area contributed by atoms with Crippen LogP contribution in [-0.4, -0.2) is 13.2 Å². The van der Waals surface area contributed by atoms with E-state index >= 15 is 0 Å². The molecule has 0 fully saturated rings. The van der Waals surface area contributed by atoms with E-state index in [1.54, 1.807) is 11.8 Å². The van der Waals surface area contributed by atoms with Crippen molar-refractivity contribution in [1.82, 2.24) is 0 Å². The summed E-state index contributed by atoms with van der Waals surface area (Å²) in [6.07, 6.45) is 3.26. The molecule has 88 valence electrons. The molecule has 0 radical (unpaired) electrons. The molecular weight excluding hydrogens is 226 g/mol. The van der Waals surface area contributed by atoms with Gasteiger partial charge < -0.3 is 4.74 Å². The average molecular weight is 243 g/mol. The molecule has 0 saturated heterocycles. The van der Waals surface area contributed by atoms with Gasteiger partial charge in [0, 0.05) is 12.0 Å². The maximum absolute atomic E-state index is 6.24. The standard InChI is InChI=1S/C12H17ClNO2/c1-8(2)16-12-7-10(13)9-5-4-6-11(9)14(12)15-3/h7-8H,4-6H2,1-3H3/q+1. The molecule has 4 heteroatoms. The van der Waals surface area contributed by atoms with E-state index in [1.807, 2.05) is 19.9 Å². The number of ether oxygens (including phenoxy) is 1. The molecule has 0 saturated carbocycles. The van der Waals surface area contributed by atoms with Gasteiger partial charge in [-0.25, -0.2) is 0 Å². The second-order valence-corrected chi connectivity index (χ2v) is 4.66. The highest BCUT2D eigenvalue weighted by atomic mass is 35.5. The third kappa shape index (κ3) is 1.96. The summed E-state index contributed by atoms with van der Waals surface area (Å²) in [7, 11) is 1.65. The second-order valence-electron chi connectivity index (χ2n) is 4.25. The molecule has 1 aliphatic rings. The Labute approximate surface area is 101 Å². The van der Waals surface area contributed by atoms with E-state index in [0.29, 0.717) is 5.88 Å². The average Bonchev–Trinajstić information content (AvgIpc) is 2.66. The lowest BCUT2D eigenvalue weighted by atomic mass is 10.2. The molecule has 0 aliphatic heterocycles. The minimum atomic E-state index is 0.108. The molecule has 3 nitrogen and oxygen atoms in total. The number of fused-ring (bicyclic) bond motifs is 1. The fraction of sp³-hybridized carbons (Fsp3) is 0.583. The predicted molar refractivity (Wildman–Crippen MR) is 61.9 cm³/mol. The predicted octanol–water partition coefficient (Wildman–Crippen LogP) is 1.96. The quantitative estimate of drug-likeness (QED) is 0.757. The van der Waals surface area contributed by atoms with Crippen LogP contribution in [0.5, 0.6) is 5.88 Å². The number of hydrogen-bond donors (Lipinski definition) is 0. The van der Waals surface area contributed by atoms with Crippen LogP contribution in [0.15, 0.2) is 6.07 Å². The summed E-state index contributed by atoms with van der Waals surface area (Å²) >= 11 is 6.24. The first-order chi connectivity index (χ1) is 7.63. The van der Waals surface area contributed by atoms with Gasteiger partial charge in [-0.15, -0.1) is 0 Å². The first kappa shape index (κ1) is 11.5. The number of rotatable bonds is 3. The fourth-order valence-corrected chi connectivity index (χ4v) is 2.42. The summed E-state index contributed by atoms with van der Waals surface area (Å²) in [5.74, 6) is 0.683. The molecule has 0 unspecified atom stereocenters. The number of nitrogens with zero attached hydrogens (tertiary/aromatic N) is 1. The van der Waals surface area contributed by atoms with E-state index in [1.165, 1.54) is 5.56 Å². The van der Waals surface area contributed by atoms with Crippen molar-refractivity contribution in [2.75, 3.05) is 7.11 Å². The van der Waals surface area contributed by atoms with Gasteiger partial charge in [-0.2, -0.15) is 0 Å². The molecule has 0 N–H and O–H groups in total. The first-order valence-corrected chi connectivity index (χ1v) is 5.98. The minimum absolute atomic E-state index is 0.108. The van der Waals surface area contributed by atoms with Crippen molar-refractivity contribution in [2.24, 2.45) is 0 Å². The Hall–Kier alpha value is -0.960. The van der Waals surface area contributed by atoms with Gasteiger partial charge in [-0.05, 0) is 26.7 Å². The van der Waals surface area contributed by atoms with E-state index in [4.69, 9.17) is 21.2 Å². The normalized spacial score (nSPS) is 14.1. The molecule has 0 aromatic carbocycles. The van der Waals surface area contributed by atoms with Crippen LogP contribution in [-0.2, 0) is 12.8 Å². The molecule has 2 rings (SSSR count). The largest absolute Gasteiger partial charge is 0.438 e. The van der Waals surface area contributed by atoms with Crippen molar-refractivity contribution in [3.05, 3.63) is 22.3 Å². The van der Waals surface area contributed by atoms with Gasteiger partial charge in [0.1, 0.15) is 7.11 Å².